The lowest BCUT2D eigenvalue weighted by atomic mass is 10.3. The van der Waals surface area contributed by atoms with Crippen molar-refractivity contribution >= 4 is 40.2 Å². The van der Waals surface area contributed by atoms with Crippen LogP contribution in [0.2, 0.25) is 0 Å². The van der Waals surface area contributed by atoms with E-state index in [9.17, 15) is 4.79 Å². The van der Waals surface area contributed by atoms with Gasteiger partial charge in [-0.05, 0) is 36.4 Å². The van der Waals surface area contributed by atoms with Crippen LogP contribution in [0.4, 0.5) is 5.82 Å². The molecule has 1 aliphatic rings. The lowest BCUT2D eigenvalue weighted by molar-refractivity contribution is -0.128. The molecule has 8 heteroatoms. The maximum absolute atomic E-state index is 12.8. The molecule has 0 bridgehead atoms. The Morgan fingerprint density at radius 2 is 1.76 bits per heavy atom. The van der Waals surface area contributed by atoms with Gasteiger partial charge in [0.1, 0.15) is 10.8 Å². The summed E-state index contributed by atoms with van der Waals surface area (Å²) in [5.41, 5.74) is 2.66. The third-order valence-electron chi connectivity index (χ3n) is 5.14. The molecule has 0 spiro atoms. The molecule has 0 radical (unpaired) electrons. The minimum absolute atomic E-state index is 0.142. The van der Waals surface area contributed by atoms with Crippen molar-refractivity contribution in [3.8, 4) is 0 Å². The minimum atomic E-state index is 0.142. The van der Waals surface area contributed by atoms with E-state index >= 15 is 0 Å². The Morgan fingerprint density at radius 1 is 0.931 bits per heavy atom. The Bertz CT molecular complexity index is 1150. The summed E-state index contributed by atoms with van der Waals surface area (Å²) in [5, 5.41) is 0.835. The summed E-state index contributed by atoms with van der Waals surface area (Å²) in [6.45, 7) is 3.02. The highest BCUT2D eigenvalue weighted by Crippen LogP contribution is 2.26. The molecule has 4 aromatic heterocycles. The molecule has 7 nitrogen and oxygen atoms in total. The fraction of sp³-hybridized carbons (Fsp3) is 0.238. The number of aromatic nitrogens is 4. The van der Waals surface area contributed by atoms with Gasteiger partial charge in [-0.2, -0.15) is 0 Å². The molecule has 0 unspecified atom stereocenters. The van der Waals surface area contributed by atoms with Crippen LogP contribution in [0.3, 0.4) is 0 Å². The van der Waals surface area contributed by atoms with E-state index in [4.69, 9.17) is 0 Å². The SMILES string of the molecule is O=C(CSc1nc2ncccc2n2cccc12)N1CCN(c2ccccn2)CC1. The first kappa shape index (κ1) is 17.9. The summed E-state index contributed by atoms with van der Waals surface area (Å²) >= 11 is 1.48. The first-order valence-electron chi connectivity index (χ1n) is 9.58. The second-order valence-corrected chi connectivity index (χ2v) is 7.84. The zero-order valence-electron chi connectivity index (χ0n) is 15.8. The minimum Gasteiger partial charge on any atom is -0.353 e. The number of fused-ring (bicyclic) bond motifs is 3. The van der Waals surface area contributed by atoms with Crippen LogP contribution in [0.5, 0.6) is 0 Å². The topological polar surface area (TPSA) is 66.6 Å². The van der Waals surface area contributed by atoms with E-state index in [1.54, 1.807) is 12.4 Å². The van der Waals surface area contributed by atoms with Crippen molar-refractivity contribution in [3.05, 3.63) is 61.1 Å². The van der Waals surface area contributed by atoms with Gasteiger partial charge in [-0.25, -0.2) is 15.0 Å². The third-order valence-corrected chi connectivity index (χ3v) is 6.10. The van der Waals surface area contributed by atoms with E-state index in [1.165, 1.54) is 11.8 Å². The highest BCUT2D eigenvalue weighted by Gasteiger charge is 2.22. The predicted molar refractivity (Wildman–Crippen MR) is 114 cm³/mol. The van der Waals surface area contributed by atoms with Gasteiger partial charge in [0.2, 0.25) is 5.91 Å². The number of rotatable bonds is 4. The molecule has 5 heterocycles. The van der Waals surface area contributed by atoms with E-state index in [-0.39, 0.29) is 5.91 Å². The summed E-state index contributed by atoms with van der Waals surface area (Å²) in [6.07, 6.45) is 5.55. The predicted octanol–water partition coefficient (Wildman–Crippen LogP) is 2.72. The zero-order chi connectivity index (χ0) is 19.6. The molecule has 1 aliphatic heterocycles. The number of anilines is 1. The number of nitrogens with zero attached hydrogens (tertiary/aromatic N) is 6. The Labute approximate surface area is 172 Å². The number of carbonyl (C=O) groups excluding carboxylic acids is 1. The molecule has 1 saturated heterocycles. The lowest BCUT2D eigenvalue weighted by Gasteiger charge is -2.35. The average Bonchev–Trinajstić information content (AvgIpc) is 3.28. The van der Waals surface area contributed by atoms with Crippen LogP contribution in [0.25, 0.3) is 16.7 Å². The molecule has 0 aliphatic carbocycles. The average molecular weight is 404 g/mol. The molecule has 0 aromatic carbocycles. The van der Waals surface area contributed by atoms with E-state index in [1.807, 2.05) is 53.6 Å². The summed E-state index contributed by atoms with van der Waals surface area (Å²) in [4.78, 5) is 30.4. The van der Waals surface area contributed by atoms with E-state index in [0.29, 0.717) is 24.5 Å². The van der Waals surface area contributed by atoms with Crippen molar-refractivity contribution in [3.63, 3.8) is 0 Å². The van der Waals surface area contributed by atoms with Gasteiger partial charge in [0, 0.05) is 44.8 Å². The van der Waals surface area contributed by atoms with Crippen LogP contribution >= 0.6 is 11.8 Å². The fourth-order valence-corrected chi connectivity index (χ4v) is 4.54. The standard InChI is InChI=1S/C21H20N6OS/c28-19(26-13-11-25(12-14-26)18-7-1-2-8-22-18)15-29-21-17-6-4-10-27(17)16-5-3-9-23-20(16)24-21/h1-10H,11-15H2. The Balaban J connectivity index is 1.26. The fourth-order valence-electron chi connectivity index (χ4n) is 3.63. The Hall–Kier alpha value is -3.13. The molecule has 4 aromatic rings. The van der Waals surface area contributed by atoms with Crippen LogP contribution in [-0.2, 0) is 4.79 Å². The van der Waals surface area contributed by atoms with Gasteiger partial charge in [-0.1, -0.05) is 17.8 Å². The van der Waals surface area contributed by atoms with Gasteiger partial charge in [0.15, 0.2) is 5.65 Å². The molecule has 5 rings (SSSR count). The number of carbonyl (C=O) groups is 1. The Kier molecular flexibility index (Phi) is 4.77. The van der Waals surface area contributed by atoms with Gasteiger partial charge in [-0.15, -0.1) is 0 Å². The van der Waals surface area contributed by atoms with Gasteiger partial charge in [-0.3, -0.25) is 4.79 Å². The van der Waals surface area contributed by atoms with Crippen molar-refractivity contribution < 1.29 is 4.79 Å². The molecule has 0 N–H and O–H groups in total. The van der Waals surface area contributed by atoms with E-state index in [2.05, 4.69) is 24.3 Å². The molecular formula is C21H20N6OS. The van der Waals surface area contributed by atoms with Crippen LogP contribution in [0, 0.1) is 0 Å². The van der Waals surface area contributed by atoms with Crippen LogP contribution in [-0.4, -0.2) is 62.1 Å². The van der Waals surface area contributed by atoms with Gasteiger partial charge in [0.05, 0.1) is 16.8 Å². The van der Waals surface area contributed by atoms with Gasteiger partial charge < -0.3 is 14.2 Å². The van der Waals surface area contributed by atoms with Gasteiger partial charge >= 0.3 is 0 Å². The summed E-state index contributed by atoms with van der Waals surface area (Å²) < 4.78 is 2.08. The second kappa shape index (κ2) is 7.71. The van der Waals surface area contributed by atoms with Crippen molar-refractivity contribution in [1.29, 1.82) is 0 Å². The summed E-state index contributed by atoms with van der Waals surface area (Å²) in [7, 11) is 0. The lowest BCUT2D eigenvalue weighted by Crippen LogP contribution is -2.49. The molecule has 29 heavy (non-hydrogen) atoms. The molecule has 146 valence electrons. The largest absolute Gasteiger partial charge is 0.353 e. The molecule has 0 saturated carbocycles. The van der Waals surface area contributed by atoms with Crippen LogP contribution < -0.4 is 4.90 Å². The van der Waals surface area contributed by atoms with Gasteiger partial charge in [0.25, 0.3) is 0 Å². The maximum Gasteiger partial charge on any atom is 0.233 e. The Morgan fingerprint density at radius 3 is 2.59 bits per heavy atom. The third kappa shape index (κ3) is 3.51. The maximum atomic E-state index is 12.8. The summed E-state index contributed by atoms with van der Waals surface area (Å²) in [5.74, 6) is 1.48. The highest BCUT2D eigenvalue weighted by molar-refractivity contribution is 8.00. The molecule has 1 fully saturated rings. The van der Waals surface area contributed by atoms with Crippen molar-refractivity contribution in [2.75, 3.05) is 36.8 Å². The number of pyridine rings is 2. The van der Waals surface area contributed by atoms with Crippen LogP contribution in [0.15, 0.2) is 66.1 Å². The number of thioether (sulfide) groups is 1. The van der Waals surface area contributed by atoms with Crippen LogP contribution in [0.1, 0.15) is 0 Å². The normalized spacial score (nSPS) is 14.6. The second-order valence-electron chi connectivity index (χ2n) is 6.87. The van der Waals surface area contributed by atoms with E-state index < -0.39 is 0 Å². The summed E-state index contributed by atoms with van der Waals surface area (Å²) in [6, 6.07) is 13.8. The molecular weight excluding hydrogens is 384 g/mol. The van der Waals surface area contributed by atoms with Crippen molar-refractivity contribution in [2.24, 2.45) is 0 Å². The van der Waals surface area contributed by atoms with Crippen molar-refractivity contribution in [2.45, 2.75) is 5.03 Å². The number of amides is 1. The first-order chi connectivity index (χ1) is 14.3. The smallest absolute Gasteiger partial charge is 0.233 e. The number of piperazine rings is 1. The van der Waals surface area contributed by atoms with E-state index in [0.717, 1.165) is 35.0 Å². The molecule has 0 atom stereocenters. The highest BCUT2D eigenvalue weighted by atomic mass is 32.2. The molecule has 1 amide bonds. The van der Waals surface area contributed by atoms with Crippen molar-refractivity contribution in [1.82, 2.24) is 24.3 Å². The number of hydrogen-bond acceptors (Lipinski definition) is 6. The number of hydrogen-bond donors (Lipinski definition) is 0. The monoisotopic (exact) mass is 404 g/mol. The zero-order valence-corrected chi connectivity index (χ0v) is 16.6. The quantitative estimate of drug-likeness (QED) is 0.487. The first-order valence-corrected chi connectivity index (χ1v) is 10.6.